The van der Waals surface area contributed by atoms with E-state index in [-0.39, 0.29) is 5.56 Å². The number of aliphatic imine (C=N–C) groups is 1. The van der Waals surface area contributed by atoms with Gasteiger partial charge in [0.25, 0.3) is 5.56 Å². The van der Waals surface area contributed by atoms with Crippen molar-refractivity contribution in [2.45, 2.75) is 34.6 Å². The van der Waals surface area contributed by atoms with Gasteiger partial charge in [-0.15, -0.1) is 0 Å². The zero-order chi connectivity index (χ0) is 18.1. The molecule has 4 heteroatoms. The van der Waals surface area contributed by atoms with Crippen molar-refractivity contribution in [3.63, 3.8) is 0 Å². The monoisotopic (exact) mass is 333 g/mol. The van der Waals surface area contributed by atoms with E-state index in [9.17, 15) is 4.79 Å². The number of aromatic amines is 1. The summed E-state index contributed by atoms with van der Waals surface area (Å²) in [7, 11) is 0. The summed E-state index contributed by atoms with van der Waals surface area (Å²) in [5.41, 5.74) is 7.66. The third-order valence-electron chi connectivity index (χ3n) is 4.54. The average molecular weight is 333 g/mol. The van der Waals surface area contributed by atoms with Gasteiger partial charge in [-0.05, 0) is 69.5 Å². The van der Waals surface area contributed by atoms with Crippen molar-refractivity contribution in [2.24, 2.45) is 4.99 Å². The molecule has 0 amide bonds. The van der Waals surface area contributed by atoms with Crippen LogP contribution in [0.1, 0.15) is 33.5 Å². The fourth-order valence-corrected chi connectivity index (χ4v) is 2.88. The second-order valence-corrected chi connectivity index (χ2v) is 6.61. The lowest BCUT2D eigenvalue weighted by Crippen LogP contribution is -2.18. The topological polar surface area (TPSA) is 50.1 Å². The number of aryl methyl sites for hydroxylation is 5. The Kier molecular flexibility index (Phi) is 4.45. The van der Waals surface area contributed by atoms with Gasteiger partial charge in [-0.2, -0.15) is 0 Å². The van der Waals surface area contributed by atoms with Gasteiger partial charge in [0.2, 0.25) is 0 Å². The average Bonchev–Trinajstić information content (AvgIpc) is 2.83. The third kappa shape index (κ3) is 3.33. The summed E-state index contributed by atoms with van der Waals surface area (Å²) in [5.74, 6) is 0. The second-order valence-electron chi connectivity index (χ2n) is 6.61. The highest BCUT2D eigenvalue weighted by atomic mass is 16.1. The van der Waals surface area contributed by atoms with Crippen molar-refractivity contribution in [3.05, 3.63) is 80.3 Å². The summed E-state index contributed by atoms with van der Waals surface area (Å²) in [6.07, 6.45) is 1.65. The van der Waals surface area contributed by atoms with Crippen LogP contribution in [0.4, 0.5) is 5.69 Å². The molecule has 4 nitrogen and oxygen atoms in total. The van der Waals surface area contributed by atoms with E-state index in [1.807, 2.05) is 51.1 Å². The smallest absolute Gasteiger partial charge is 0.280 e. The van der Waals surface area contributed by atoms with E-state index in [0.29, 0.717) is 5.56 Å². The summed E-state index contributed by atoms with van der Waals surface area (Å²) in [6, 6.07) is 12.1. The molecule has 3 aromatic rings. The summed E-state index contributed by atoms with van der Waals surface area (Å²) < 4.78 is 1.59. The summed E-state index contributed by atoms with van der Waals surface area (Å²) in [5, 5.41) is 3.16. The van der Waals surface area contributed by atoms with Crippen LogP contribution in [0.5, 0.6) is 0 Å². The number of nitrogens with one attached hydrogen (secondary N) is 1. The first-order chi connectivity index (χ1) is 11.9. The molecule has 0 saturated heterocycles. The molecule has 128 valence electrons. The molecule has 3 rings (SSSR count). The molecule has 1 N–H and O–H groups in total. The molecule has 0 aliphatic carbocycles. The number of nitrogens with zero attached hydrogens (tertiary/aromatic N) is 2. The first kappa shape index (κ1) is 17.0. The van der Waals surface area contributed by atoms with Gasteiger partial charge in [0, 0.05) is 11.9 Å². The van der Waals surface area contributed by atoms with Crippen LogP contribution in [0.2, 0.25) is 0 Å². The molecule has 0 aliphatic heterocycles. The van der Waals surface area contributed by atoms with Crippen molar-refractivity contribution in [2.75, 3.05) is 0 Å². The fourth-order valence-electron chi connectivity index (χ4n) is 2.88. The first-order valence-electron chi connectivity index (χ1n) is 8.37. The van der Waals surface area contributed by atoms with Crippen LogP contribution < -0.4 is 5.56 Å². The van der Waals surface area contributed by atoms with Crippen molar-refractivity contribution in [1.29, 1.82) is 0 Å². The molecule has 0 radical (unpaired) electrons. The normalized spacial score (nSPS) is 11.4. The molecule has 0 saturated carbocycles. The molecule has 2 aromatic carbocycles. The highest BCUT2D eigenvalue weighted by molar-refractivity contribution is 5.83. The van der Waals surface area contributed by atoms with Gasteiger partial charge < -0.3 is 0 Å². The van der Waals surface area contributed by atoms with Crippen LogP contribution in [-0.4, -0.2) is 16.0 Å². The number of H-pyrrole nitrogens is 1. The Balaban J connectivity index is 2.01. The lowest BCUT2D eigenvalue weighted by atomic mass is 10.1. The molecule has 0 bridgehead atoms. The quantitative estimate of drug-likeness (QED) is 0.707. The van der Waals surface area contributed by atoms with E-state index in [4.69, 9.17) is 0 Å². The molecule has 0 aliphatic rings. The first-order valence-corrected chi connectivity index (χ1v) is 8.37. The van der Waals surface area contributed by atoms with Gasteiger partial charge in [-0.3, -0.25) is 14.9 Å². The molecule has 1 aromatic heterocycles. The minimum atomic E-state index is -0.0861. The maximum atomic E-state index is 12.8. The SMILES string of the molecule is Cc1ccc(-n2[nH]c(C)c(C=Nc3ccc(C)c(C)c3)c2=O)c(C)c1. The number of aromatic nitrogens is 2. The Bertz CT molecular complexity index is 1020. The van der Waals surface area contributed by atoms with E-state index in [1.165, 1.54) is 16.7 Å². The third-order valence-corrected chi connectivity index (χ3v) is 4.54. The van der Waals surface area contributed by atoms with E-state index in [1.54, 1.807) is 10.9 Å². The van der Waals surface area contributed by atoms with Crippen molar-refractivity contribution in [3.8, 4) is 5.69 Å². The molecule has 0 fully saturated rings. The van der Waals surface area contributed by atoms with Crippen LogP contribution >= 0.6 is 0 Å². The molecule has 25 heavy (non-hydrogen) atoms. The number of hydrogen-bond donors (Lipinski definition) is 1. The molecule has 0 atom stereocenters. The minimum Gasteiger partial charge on any atom is -0.295 e. The Morgan fingerprint density at radius 1 is 0.920 bits per heavy atom. The van der Waals surface area contributed by atoms with Crippen molar-refractivity contribution >= 4 is 11.9 Å². The van der Waals surface area contributed by atoms with E-state index < -0.39 is 0 Å². The molecule has 0 unspecified atom stereocenters. The van der Waals surface area contributed by atoms with Crippen molar-refractivity contribution < 1.29 is 0 Å². The van der Waals surface area contributed by atoms with Crippen LogP contribution in [0.15, 0.2) is 46.2 Å². The predicted octanol–water partition coefficient (Wildman–Crippen LogP) is 4.46. The summed E-state index contributed by atoms with van der Waals surface area (Å²) in [6.45, 7) is 10.1. The highest BCUT2D eigenvalue weighted by Crippen LogP contribution is 2.18. The van der Waals surface area contributed by atoms with Gasteiger partial charge in [-0.25, -0.2) is 4.68 Å². The Morgan fingerprint density at radius 3 is 2.36 bits per heavy atom. The zero-order valence-corrected chi connectivity index (χ0v) is 15.3. The number of hydrogen-bond acceptors (Lipinski definition) is 2. The summed E-state index contributed by atoms with van der Waals surface area (Å²) >= 11 is 0. The molecular weight excluding hydrogens is 310 g/mol. The maximum Gasteiger partial charge on any atom is 0.280 e. The van der Waals surface area contributed by atoms with Gasteiger partial charge in [0.1, 0.15) is 0 Å². The lowest BCUT2D eigenvalue weighted by Gasteiger charge is -2.06. The van der Waals surface area contributed by atoms with E-state index in [0.717, 1.165) is 22.6 Å². The van der Waals surface area contributed by atoms with Crippen LogP contribution in [-0.2, 0) is 0 Å². The number of benzene rings is 2. The fraction of sp³-hybridized carbons (Fsp3) is 0.238. The predicted molar refractivity (Wildman–Crippen MR) is 104 cm³/mol. The van der Waals surface area contributed by atoms with E-state index >= 15 is 0 Å². The van der Waals surface area contributed by atoms with Crippen LogP contribution in [0.3, 0.4) is 0 Å². The second kappa shape index (κ2) is 6.55. The summed E-state index contributed by atoms with van der Waals surface area (Å²) in [4.78, 5) is 17.3. The van der Waals surface area contributed by atoms with E-state index in [2.05, 4.69) is 30.0 Å². The van der Waals surface area contributed by atoms with Gasteiger partial charge >= 0.3 is 0 Å². The molecular formula is C21H23N3O. The highest BCUT2D eigenvalue weighted by Gasteiger charge is 2.12. The number of rotatable bonds is 3. The van der Waals surface area contributed by atoms with Gasteiger partial charge in [-0.1, -0.05) is 23.8 Å². The van der Waals surface area contributed by atoms with Crippen LogP contribution in [0, 0.1) is 34.6 Å². The Morgan fingerprint density at radius 2 is 1.68 bits per heavy atom. The Hall–Kier alpha value is -2.88. The van der Waals surface area contributed by atoms with Crippen LogP contribution in [0.25, 0.3) is 5.69 Å². The Labute approximate surface area is 147 Å². The minimum absolute atomic E-state index is 0.0861. The molecule has 1 heterocycles. The van der Waals surface area contributed by atoms with Gasteiger partial charge in [0.15, 0.2) is 0 Å². The largest absolute Gasteiger partial charge is 0.295 e. The maximum absolute atomic E-state index is 12.8. The zero-order valence-electron chi connectivity index (χ0n) is 15.3. The lowest BCUT2D eigenvalue weighted by molar-refractivity contribution is 0.828. The standard InChI is InChI=1S/C21H23N3O/c1-13-6-9-20(16(4)10-13)24-21(25)19(17(5)23-24)12-22-18-8-7-14(2)15(3)11-18/h6-12,23H,1-5H3. The van der Waals surface area contributed by atoms with Crippen molar-refractivity contribution in [1.82, 2.24) is 9.78 Å². The van der Waals surface area contributed by atoms with Gasteiger partial charge in [0.05, 0.1) is 16.9 Å². The molecule has 0 spiro atoms.